The molecule has 0 aliphatic heterocycles. The number of aromatic nitrogens is 3. The van der Waals surface area contributed by atoms with Crippen molar-refractivity contribution in [2.45, 2.75) is 17.3 Å². The lowest BCUT2D eigenvalue weighted by Crippen LogP contribution is -2.17. The Labute approximate surface area is 160 Å². The Bertz CT molecular complexity index is 928. The fourth-order valence-electron chi connectivity index (χ4n) is 2.41. The maximum atomic E-state index is 13.7. The topological polar surface area (TPSA) is 69.0 Å². The largest absolute Gasteiger partial charge is 0.497 e. The van der Waals surface area contributed by atoms with Gasteiger partial charge in [-0.3, -0.25) is 4.79 Å². The summed E-state index contributed by atoms with van der Waals surface area (Å²) in [7, 11) is 3.38. The van der Waals surface area contributed by atoms with Crippen LogP contribution >= 0.6 is 11.8 Å². The van der Waals surface area contributed by atoms with Crippen molar-refractivity contribution in [3.8, 4) is 5.75 Å². The van der Waals surface area contributed by atoms with Crippen molar-refractivity contribution < 1.29 is 13.9 Å². The van der Waals surface area contributed by atoms with E-state index in [1.807, 2.05) is 0 Å². The smallest absolute Gasteiger partial charge is 0.232 e. The molecule has 0 saturated heterocycles. The predicted octanol–water partition coefficient (Wildman–Crippen LogP) is 3.44. The highest BCUT2D eigenvalue weighted by molar-refractivity contribution is 7.98. The molecule has 1 amide bonds. The molecule has 6 nitrogen and oxygen atoms in total. The first-order valence-electron chi connectivity index (χ1n) is 8.25. The van der Waals surface area contributed by atoms with E-state index in [9.17, 15) is 9.18 Å². The van der Waals surface area contributed by atoms with Crippen LogP contribution in [0.1, 0.15) is 11.4 Å². The van der Waals surface area contributed by atoms with Crippen LogP contribution < -0.4 is 10.1 Å². The van der Waals surface area contributed by atoms with Crippen LogP contribution in [0.3, 0.4) is 0 Å². The highest BCUT2D eigenvalue weighted by Crippen LogP contribution is 2.23. The molecule has 0 atom stereocenters. The predicted molar refractivity (Wildman–Crippen MR) is 102 cm³/mol. The first-order valence-corrected chi connectivity index (χ1v) is 9.23. The molecule has 3 rings (SSSR count). The second-order valence-corrected chi connectivity index (χ2v) is 6.73. The molecule has 1 N–H and O–H groups in total. The molecule has 0 saturated carbocycles. The Morgan fingerprint density at radius 2 is 1.93 bits per heavy atom. The minimum absolute atomic E-state index is 0.0930. The third kappa shape index (κ3) is 4.85. The molecule has 0 aliphatic carbocycles. The number of ether oxygens (including phenoxy) is 1. The van der Waals surface area contributed by atoms with E-state index >= 15 is 0 Å². The van der Waals surface area contributed by atoms with Gasteiger partial charge in [0.1, 0.15) is 17.4 Å². The molecule has 0 radical (unpaired) electrons. The third-order valence-corrected chi connectivity index (χ3v) is 5.00. The minimum Gasteiger partial charge on any atom is -0.497 e. The normalized spacial score (nSPS) is 10.6. The molecule has 8 heteroatoms. The van der Waals surface area contributed by atoms with Gasteiger partial charge in [0.15, 0.2) is 5.16 Å². The van der Waals surface area contributed by atoms with Crippen molar-refractivity contribution in [3.05, 3.63) is 65.7 Å². The van der Waals surface area contributed by atoms with Gasteiger partial charge < -0.3 is 14.6 Å². The molecule has 0 spiro atoms. The van der Waals surface area contributed by atoms with Gasteiger partial charge in [-0.15, -0.1) is 10.2 Å². The number of nitrogens with one attached hydrogen (secondary N) is 1. The number of carbonyl (C=O) groups excluding carboxylic acids is 1. The average molecular weight is 386 g/mol. The molecule has 27 heavy (non-hydrogen) atoms. The van der Waals surface area contributed by atoms with Crippen LogP contribution in [-0.4, -0.2) is 27.8 Å². The highest BCUT2D eigenvalue weighted by atomic mass is 32.2. The molecule has 0 unspecified atom stereocenters. The number of benzene rings is 2. The number of thioether (sulfide) groups is 1. The summed E-state index contributed by atoms with van der Waals surface area (Å²) in [6, 6.07) is 13.7. The summed E-state index contributed by atoms with van der Waals surface area (Å²) in [5.74, 6) is 1.26. The average Bonchev–Trinajstić information content (AvgIpc) is 3.01. The molecule has 1 aromatic heterocycles. The zero-order valence-electron chi connectivity index (χ0n) is 15.0. The van der Waals surface area contributed by atoms with E-state index < -0.39 is 0 Å². The van der Waals surface area contributed by atoms with Crippen LogP contribution in [0.25, 0.3) is 0 Å². The van der Waals surface area contributed by atoms with E-state index in [-0.39, 0.29) is 18.1 Å². The van der Waals surface area contributed by atoms with Gasteiger partial charge in [0.05, 0.1) is 13.5 Å². The van der Waals surface area contributed by atoms with Crippen LogP contribution in [0.2, 0.25) is 0 Å². The molecule has 3 aromatic rings. The maximum Gasteiger partial charge on any atom is 0.232 e. The van der Waals surface area contributed by atoms with E-state index in [0.717, 1.165) is 5.75 Å². The van der Waals surface area contributed by atoms with Gasteiger partial charge in [0.25, 0.3) is 0 Å². The van der Waals surface area contributed by atoms with Crippen molar-refractivity contribution in [2.75, 3.05) is 12.4 Å². The number of hydrogen-bond donors (Lipinski definition) is 1. The molecular formula is C19H19FN4O2S. The van der Waals surface area contributed by atoms with Gasteiger partial charge >= 0.3 is 0 Å². The van der Waals surface area contributed by atoms with Crippen LogP contribution in [0, 0.1) is 5.82 Å². The van der Waals surface area contributed by atoms with Gasteiger partial charge in [-0.25, -0.2) is 4.39 Å². The molecular weight excluding hydrogens is 367 g/mol. The van der Waals surface area contributed by atoms with Crippen molar-refractivity contribution in [1.29, 1.82) is 0 Å². The Kier molecular flexibility index (Phi) is 6.08. The standard InChI is InChI=1S/C19H19FN4O2S/c1-24-17(11-18(25)21-14-7-9-15(26-2)10-8-14)22-23-19(24)27-12-13-5-3-4-6-16(13)20/h3-10H,11-12H2,1-2H3,(H,21,25). The summed E-state index contributed by atoms with van der Waals surface area (Å²) in [5, 5.41) is 11.6. The molecule has 0 aliphatic rings. The Balaban J connectivity index is 1.59. The monoisotopic (exact) mass is 386 g/mol. The Hall–Kier alpha value is -2.87. The van der Waals surface area contributed by atoms with Crippen molar-refractivity contribution >= 4 is 23.4 Å². The lowest BCUT2D eigenvalue weighted by Gasteiger charge is -2.07. The highest BCUT2D eigenvalue weighted by Gasteiger charge is 2.14. The van der Waals surface area contributed by atoms with Gasteiger partial charge in [-0.2, -0.15) is 0 Å². The molecule has 2 aromatic carbocycles. The Morgan fingerprint density at radius 3 is 2.63 bits per heavy atom. The molecule has 0 fully saturated rings. The van der Waals surface area contributed by atoms with E-state index in [0.29, 0.717) is 28.0 Å². The van der Waals surface area contributed by atoms with Gasteiger partial charge in [-0.05, 0) is 35.9 Å². The first kappa shape index (κ1) is 18.9. The van der Waals surface area contributed by atoms with E-state index in [4.69, 9.17) is 4.74 Å². The first-order chi connectivity index (χ1) is 13.1. The summed E-state index contributed by atoms with van der Waals surface area (Å²) in [6.07, 6.45) is 0.0930. The molecule has 0 bridgehead atoms. The number of amides is 1. The fraction of sp³-hybridized carbons (Fsp3) is 0.211. The summed E-state index contributed by atoms with van der Waals surface area (Å²) >= 11 is 1.37. The number of anilines is 1. The van der Waals surface area contributed by atoms with Crippen LogP contribution in [0.15, 0.2) is 53.7 Å². The lowest BCUT2D eigenvalue weighted by atomic mass is 10.2. The van der Waals surface area contributed by atoms with Crippen molar-refractivity contribution in [1.82, 2.24) is 14.8 Å². The van der Waals surface area contributed by atoms with Crippen LogP contribution in [0.5, 0.6) is 5.75 Å². The summed E-state index contributed by atoms with van der Waals surface area (Å²) in [5.41, 5.74) is 1.28. The van der Waals surface area contributed by atoms with Crippen molar-refractivity contribution in [2.24, 2.45) is 7.05 Å². The second kappa shape index (κ2) is 8.68. The zero-order valence-corrected chi connectivity index (χ0v) is 15.8. The van der Waals surface area contributed by atoms with Crippen LogP contribution in [0.4, 0.5) is 10.1 Å². The second-order valence-electron chi connectivity index (χ2n) is 5.79. The van der Waals surface area contributed by atoms with Gasteiger partial charge in [0.2, 0.25) is 5.91 Å². The maximum absolute atomic E-state index is 13.7. The van der Waals surface area contributed by atoms with Crippen molar-refractivity contribution in [3.63, 3.8) is 0 Å². The SMILES string of the molecule is COc1ccc(NC(=O)Cc2nnc(SCc3ccccc3F)n2C)cc1. The van der Waals surface area contributed by atoms with E-state index in [1.54, 1.807) is 61.2 Å². The van der Waals surface area contributed by atoms with Gasteiger partial charge in [0, 0.05) is 18.5 Å². The number of rotatable bonds is 7. The van der Waals surface area contributed by atoms with Gasteiger partial charge in [-0.1, -0.05) is 30.0 Å². The fourth-order valence-corrected chi connectivity index (χ4v) is 3.32. The lowest BCUT2D eigenvalue weighted by molar-refractivity contribution is -0.115. The van der Waals surface area contributed by atoms with E-state index in [2.05, 4.69) is 15.5 Å². The quantitative estimate of drug-likeness (QED) is 0.630. The number of methoxy groups -OCH3 is 1. The molecule has 140 valence electrons. The summed E-state index contributed by atoms with van der Waals surface area (Å²) < 4.78 is 20.5. The number of carbonyl (C=O) groups is 1. The number of nitrogens with zero attached hydrogens (tertiary/aromatic N) is 3. The molecule has 1 heterocycles. The third-order valence-electron chi connectivity index (χ3n) is 3.93. The summed E-state index contributed by atoms with van der Waals surface area (Å²) in [6.45, 7) is 0. The van der Waals surface area contributed by atoms with E-state index in [1.165, 1.54) is 17.8 Å². The van der Waals surface area contributed by atoms with Crippen LogP contribution in [-0.2, 0) is 24.0 Å². The zero-order chi connectivity index (χ0) is 19.2. The Morgan fingerprint density at radius 1 is 1.19 bits per heavy atom. The summed E-state index contributed by atoms with van der Waals surface area (Å²) in [4.78, 5) is 12.2. The number of hydrogen-bond acceptors (Lipinski definition) is 5. The number of halogens is 1. The minimum atomic E-state index is -0.244.